The molecule has 0 amide bonds. The van der Waals surface area contributed by atoms with Crippen molar-refractivity contribution in [1.29, 1.82) is 0 Å². The van der Waals surface area contributed by atoms with Gasteiger partial charge >= 0.3 is 0 Å². The Balaban J connectivity index is 1.29. The second-order valence-electron chi connectivity index (χ2n) is 7.90. The Labute approximate surface area is 184 Å². The Bertz CT molecular complexity index is 1330. The lowest BCUT2D eigenvalue weighted by atomic mass is 9.88. The smallest absolute Gasteiger partial charge is 0.219 e. The number of para-hydroxylation sites is 1. The normalized spacial score (nSPS) is 19.5. The summed E-state index contributed by atoms with van der Waals surface area (Å²) in [5.41, 5.74) is 4.40. The lowest BCUT2D eigenvalue weighted by Gasteiger charge is -2.25. The second kappa shape index (κ2) is 7.43. The van der Waals surface area contributed by atoms with E-state index in [1.165, 1.54) is 11.1 Å². The number of rotatable bonds is 3. The molecule has 3 aromatic carbocycles. The van der Waals surface area contributed by atoms with E-state index in [9.17, 15) is 5.11 Å². The van der Waals surface area contributed by atoms with Gasteiger partial charge in [-0.2, -0.15) is 0 Å². The van der Waals surface area contributed by atoms with Crippen molar-refractivity contribution >= 4 is 27.7 Å². The number of aliphatic imine (C=N–C) groups is 1. The second-order valence-corrected chi connectivity index (χ2v) is 9.13. The summed E-state index contributed by atoms with van der Waals surface area (Å²) in [6.45, 7) is 0. The highest BCUT2D eigenvalue weighted by Gasteiger charge is 2.35. The molecule has 0 bridgehead atoms. The summed E-state index contributed by atoms with van der Waals surface area (Å²) in [6.07, 6.45) is 2.27. The van der Waals surface area contributed by atoms with E-state index in [4.69, 9.17) is 9.73 Å². The third-order valence-corrected chi connectivity index (χ3v) is 7.28. The molecule has 2 aliphatic rings. The highest BCUT2D eigenvalue weighted by molar-refractivity contribution is 8.15. The number of aromatic nitrogens is 1. The molecule has 0 radical (unpaired) electrons. The zero-order valence-corrected chi connectivity index (χ0v) is 17.5. The van der Waals surface area contributed by atoms with Crippen LogP contribution in [0.2, 0.25) is 0 Å². The van der Waals surface area contributed by atoms with Gasteiger partial charge in [-0.1, -0.05) is 48.5 Å². The minimum atomic E-state index is 0.149. The molecular weight excluding hydrogens is 404 g/mol. The molecule has 1 aromatic heterocycles. The summed E-state index contributed by atoms with van der Waals surface area (Å²) in [7, 11) is 0. The highest BCUT2D eigenvalue weighted by Crippen LogP contribution is 2.46. The minimum absolute atomic E-state index is 0.149. The zero-order valence-electron chi connectivity index (χ0n) is 16.7. The molecule has 4 aromatic rings. The molecule has 1 N–H and O–H groups in total. The average molecular weight is 425 g/mol. The number of phenolic OH excluding ortho intramolecular Hbond substituents is 1. The van der Waals surface area contributed by atoms with Crippen LogP contribution in [0.15, 0.2) is 83.9 Å². The van der Waals surface area contributed by atoms with Crippen molar-refractivity contribution in [3.8, 4) is 17.4 Å². The van der Waals surface area contributed by atoms with E-state index in [1.54, 1.807) is 12.1 Å². The lowest BCUT2D eigenvalue weighted by Crippen LogP contribution is -2.18. The first-order valence-electron chi connectivity index (χ1n) is 10.4. The van der Waals surface area contributed by atoms with Gasteiger partial charge in [0, 0.05) is 22.3 Å². The third kappa shape index (κ3) is 3.35. The van der Waals surface area contributed by atoms with E-state index < -0.39 is 0 Å². The molecule has 0 saturated carbocycles. The molecule has 6 rings (SSSR count). The Morgan fingerprint density at radius 2 is 1.84 bits per heavy atom. The first-order valence-corrected chi connectivity index (χ1v) is 11.3. The number of benzene rings is 3. The fraction of sp³-hybridized carbons (Fsp3) is 0.154. The van der Waals surface area contributed by atoms with Crippen LogP contribution in [-0.4, -0.2) is 20.4 Å². The van der Waals surface area contributed by atoms with E-state index in [-0.39, 0.29) is 11.8 Å². The number of phenols is 1. The fourth-order valence-corrected chi connectivity index (χ4v) is 5.71. The molecule has 4 nitrogen and oxygen atoms in total. The van der Waals surface area contributed by atoms with Gasteiger partial charge in [-0.15, -0.1) is 11.8 Å². The van der Waals surface area contributed by atoms with Crippen LogP contribution < -0.4 is 4.74 Å². The fourth-order valence-electron chi connectivity index (χ4n) is 4.41. The molecule has 0 saturated heterocycles. The van der Waals surface area contributed by atoms with Crippen molar-refractivity contribution in [3.05, 3.63) is 95.6 Å². The molecule has 5 heteroatoms. The first-order chi connectivity index (χ1) is 15.2. The first kappa shape index (κ1) is 18.5. The van der Waals surface area contributed by atoms with Gasteiger partial charge in [-0.3, -0.25) is 4.99 Å². The monoisotopic (exact) mass is 424 g/mol. The zero-order chi connectivity index (χ0) is 20.8. The standard InChI is InChI=1S/C26H20N2O2S/c29-21-10-4-6-17-12-14-23(27-24(17)21)30-19-8-3-7-18(15-19)26-28-25-20-9-2-1-5-16(20)11-13-22(25)31-26/h1-10,12,14-15,22,25,29H,11,13H2/t22-,25-/m0/s1. The number of aryl methyl sites for hydroxylation is 1. The van der Waals surface area contributed by atoms with E-state index in [1.807, 2.05) is 48.2 Å². The number of aromatic hydroxyl groups is 1. The van der Waals surface area contributed by atoms with Crippen LogP contribution in [0.3, 0.4) is 0 Å². The van der Waals surface area contributed by atoms with Gasteiger partial charge < -0.3 is 9.84 Å². The van der Waals surface area contributed by atoms with Crippen molar-refractivity contribution in [2.24, 2.45) is 4.99 Å². The van der Waals surface area contributed by atoms with Crippen LogP contribution in [0.1, 0.15) is 29.2 Å². The molecule has 1 aliphatic carbocycles. The number of hydrogen-bond acceptors (Lipinski definition) is 5. The molecule has 2 heterocycles. The molecule has 1 aliphatic heterocycles. The minimum Gasteiger partial charge on any atom is -0.506 e. The SMILES string of the molecule is Oc1cccc2ccc(Oc3cccc(C4=N[C@H]5c6ccccc6CC[C@@H]5S4)c3)nc12. The summed E-state index contributed by atoms with van der Waals surface area (Å²) < 4.78 is 6.03. The summed E-state index contributed by atoms with van der Waals surface area (Å²) >= 11 is 1.88. The number of nitrogens with zero attached hydrogens (tertiary/aromatic N) is 2. The topological polar surface area (TPSA) is 54.7 Å². The Morgan fingerprint density at radius 1 is 0.935 bits per heavy atom. The van der Waals surface area contributed by atoms with E-state index in [0.29, 0.717) is 22.4 Å². The van der Waals surface area contributed by atoms with E-state index in [2.05, 4.69) is 35.3 Å². The largest absolute Gasteiger partial charge is 0.506 e. The van der Waals surface area contributed by atoms with Crippen LogP contribution in [0.25, 0.3) is 10.9 Å². The van der Waals surface area contributed by atoms with Crippen molar-refractivity contribution in [1.82, 2.24) is 4.98 Å². The average Bonchev–Trinajstić information content (AvgIpc) is 3.25. The molecule has 0 unspecified atom stereocenters. The van der Waals surface area contributed by atoms with Gasteiger partial charge in [0.05, 0.1) is 11.1 Å². The number of hydrogen-bond donors (Lipinski definition) is 1. The van der Waals surface area contributed by atoms with Gasteiger partial charge in [-0.05, 0) is 48.2 Å². The Hall–Kier alpha value is -3.31. The molecular formula is C26H20N2O2S. The van der Waals surface area contributed by atoms with Crippen molar-refractivity contribution < 1.29 is 9.84 Å². The van der Waals surface area contributed by atoms with Crippen molar-refractivity contribution in [2.75, 3.05) is 0 Å². The number of pyridine rings is 1. The van der Waals surface area contributed by atoms with Crippen LogP contribution in [-0.2, 0) is 6.42 Å². The van der Waals surface area contributed by atoms with Crippen molar-refractivity contribution in [3.63, 3.8) is 0 Å². The quantitative estimate of drug-likeness (QED) is 0.420. The summed E-state index contributed by atoms with van der Waals surface area (Å²) in [5, 5.41) is 12.5. The molecule has 0 spiro atoms. The predicted molar refractivity (Wildman–Crippen MR) is 125 cm³/mol. The van der Waals surface area contributed by atoms with E-state index in [0.717, 1.165) is 28.8 Å². The Morgan fingerprint density at radius 3 is 2.81 bits per heavy atom. The number of ether oxygens (including phenoxy) is 1. The molecule has 31 heavy (non-hydrogen) atoms. The number of thioether (sulfide) groups is 1. The predicted octanol–water partition coefficient (Wildman–Crippen LogP) is 6.28. The van der Waals surface area contributed by atoms with Gasteiger partial charge in [0.1, 0.15) is 17.0 Å². The lowest BCUT2D eigenvalue weighted by molar-refractivity contribution is 0.460. The van der Waals surface area contributed by atoms with Crippen LogP contribution in [0, 0.1) is 0 Å². The van der Waals surface area contributed by atoms with Crippen LogP contribution in [0.5, 0.6) is 17.4 Å². The van der Waals surface area contributed by atoms with Gasteiger partial charge in [0.2, 0.25) is 5.88 Å². The highest BCUT2D eigenvalue weighted by atomic mass is 32.2. The third-order valence-electron chi connectivity index (χ3n) is 5.92. The van der Waals surface area contributed by atoms with Gasteiger partial charge in [0.15, 0.2) is 0 Å². The molecule has 0 fully saturated rings. The summed E-state index contributed by atoms with van der Waals surface area (Å²) in [6, 6.07) is 26.0. The van der Waals surface area contributed by atoms with E-state index >= 15 is 0 Å². The maximum atomic E-state index is 10.1. The van der Waals surface area contributed by atoms with Crippen LogP contribution >= 0.6 is 11.8 Å². The maximum Gasteiger partial charge on any atom is 0.219 e. The van der Waals surface area contributed by atoms with Gasteiger partial charge in [-0.25, -0.2) is 4.98 Å². The Kier molecular flexibility index (Phi) is 4.42. The summed E-state index contributed by atoms with van der Waals surface area (Å²) in [4.78, 5) is 9.57. The molecule has 152 valence electrons. The van der Waals surface area contributed by atoms with Crippen LogP contribution in [0.4, 0.5) is 0 Å². The molecule has 2 atom stereocenters. The van der Waals surface area contributed by atoms with Gasteiger partial charge in [0.25, 0.3) is 0 Å². The van der Waals surface area contributed by atoms with Crippen molar-refractivity contribution in [2.45, 2.75) is 24.1 Å². The summed E-state index contributed by atoms with van der Waals surface area (Å²) in [5.74, 6) is 1.31. The number of fused-ring (bicyclic) bond motifs is 4. The maximum absolute atomic E-state index is 10.1.